The van der Waals surface area contributed by atoms with E-state index in [1.165, 1.54) is 5.39 Å². The van der Waals surface area contributed by atoms with Gasteiger partial charge in [-0.15, -0.1) is 0 Å². The van der Waals surface area contributed by atoms with Gasteiger partial charge in [-0.05, 0) is 19.1 Å². The molecule has 0 unspecified atom stereocenters. The molecule has 0 saturated heterocycles. The predicted octanol–water partition coefficient (Wildman–Crippen LogP) is 2.43. The van der Waals surface area contributed by atoms with Gasteiger partial charge in [-0.2, -0.15) is 5.10 Å². The Morgan fingerprint density at radius 1 is 1.20 bits per heavy atom. The van der Waals surface area contributed by atoms with Gasteiger partial charge in [-0.25, -0.2) is 4.98 Å². The minimum atomic E-state index is 0.950. The van der Waals surface area contributed by atoms with Crippen LogP contribution in [0.25, 0.3) is 21.9 Å². The van der Waals surface area contributed by atoms with Gasteiger partial charge in [-0.1, -0.05) is 18.2 Å². The molecule has 3 nitrogen and oxygen atoms in total. The van der Waals surface area contributed by atoms with Gasteiger partial charge in [-0.3, -0.25) is 4.68 Å². The third kappa shape index (κ3) is 1.13. The average molecular weight is 197 g/mol. The van der Waals surface area contributed by atoms with Crippen molar-refractivity contribution in [3.05, 3.63) is 36.0 Å². The van der Waals surface area contributed by atoms with E-state index in [0.29, 0.717) is 0 Å². The number of nitrogens with zero attached hydrogens (tertiary/aromatic N) is 3. The third-order valence-electron chi connectivity index (χ3n) is 2.70. The van der Waals surface area contributed by atoms with Crippen molar-refractivity contribution in [2.75, 3.05) is 0 Å². The second kappa shape index (κ2) is 2.79. The zero-order chi connectivity index (χ0) is 10.4. The lowest BCUT2D eigenvalue weighted by Gasteiger charge is -1.98. The third-order valence-corrected chi connectivity index (χ3v) is 2.70. The first-order valence-corrected chi connectivity index (χ1v) is 4.95. The number of aryl methyl sites for hydroxylation is 2. The van der Waals surface area contributed by atoms with E-state index in [1.807, 2.05) is 36.9 Å². The molecule has 74 valence electrons. The summed E-state index contributed by atoms with van der Waals surface area (Å²) >= 11 is 0. The summed E-state index contributed by atoms with van der Waals surface area (Å²) in [6.07, 6.45) is 0. The molecule has 0 spiro atoms. The molecule has 3 rings (SSSR count). The molecule has 0 aliphatic carbocycles. The summed E-state index contributed by atoms with van der Waals surface area (Å²) in [6.45, 7) is 2.01. The van der Waals surface area contributed by atoms with Gasteiger partial charge in [0.15, 0.2) is 5.65 Å². The normalized spacial score (nSPS) is 11.3. The molecule has 1 aromatic carbocycles. The molecule has 3 aromatic rings. The topological polar surface area (TPSA) is 30.7 Å². The Morgan fingerprint density at radius 2 is 2.00 bits per heavy atom. The van der Waals surface area contributed by atoms with Crippen LogP contribution in [0.5, 0.6) is 0 Å². The largest absolute Gasteiger partial charge is 0.250 e. The first kappa shape index (κ1) is 8.41. The van der Waals surface area contributed by atoms with Crippen LogP contribution in [-0.4, -0.2) is 14.8 Å². The summed E-state index contributed by atoms with van der Waals surface area (Å²) in [5.74, 6) is 0. The van der Waals surface area contributed by atoms with Crippen molar-refractivity contribution in [2.24, 2.45) is 7.05 Å². The lowest BCUT2D eigenvalue weighted by Crippen LogP contribution is -1.91. The highest BCUT2D eigenvalue weighted by Crippen LogP contribution is 2.21. The molecule has 2 heterocycles. The molecule has 0 amide bonds. The second-order valence-electron chi connectivity index (χ2n) is 3.76. The van der Waals surface area contributed by atoms with Crippen molar-refractivity contribution in [1.82, 2.24) is 14.8 Å². The maximum atomic E-state index is 4.60. The van der Waals surface area contributed by atoms with Crippen LogP contribution in [0.3, 0.4) is 0 Å². The van der Waals surface area contributed by atoms with Gasteiger partial charge < -0.3 is 0 Å². The van der Waals surface area contributed by atoms with Crippen molar-refractivity contribution >= 4 is 21.9 Å². The molecule has 0 saturated carbocycles. The van der Waals surface area contributed by atoms with Gasteiger partial charge in [0.05, 0.1) is 11.2 Å². The van der Waals surface area contributed by atoms with Crippen LogP contribution in [0.1, 0.15) is 5.69 Å². The van der Waals surface area contributed by atoms with Crippen LogP contribution < -0.4 is 0 Å². The standard InChI is InChI=1S/C12H11N3/c1-8-10-7-9-5-3-4-6-11(9)13-12(10)15(2)14-8/h3-7H,1-2H3. The number of pyridine rings is 1. The number of benzene rings is 1. The van der Waals surface area contributed by atoms with E-state index in [1.54, 1.807) is 0 Å². The minimum Gasteiger partial charge on any atom is -0.250 e. The van der Waals surface area contributed by atoms with Crippen LogP contribution in [0.15, 0.2) is 30.3 Å². The summed E-state index contributed by atoms with van der Waals surface area (Å²) in [4.78, 5) is 4.60. The van der Waals surface area contributed by atoms with E-state index in [9.17, 15) is 0 Å². The van der Waals surface area contributed by atoms with E-state index in [0.717, 1.165) is 22.2 Å². The number of para-hydroxylation sites is 1. The fourth-order valence-electron chi connectivity index (χ4n) is 1.94. The number of aromatic nitrogens is 3. The SMILES string of the molecule is Cc1nn(C)c2nc3ccccc3cc12. The first-order chi connectivity index (χ1) is 7.25. The van der Waals surface area contributed by atoms with E-state index >= 15 is 0 Å². The molecular formula is C12H11N3. The number of hydrogen-bond acceptors (Lipinski definition) is 2. The lowest BCUT2D eigenvalue weighted by atomic mass is 10.2. The zero-order valence-electron chi connectivity index (χ0n) is 8.73. The Kier molecular flexibility index (Phi) is 1.57. The maximum Gasteiger partial charge on any atom is 0.158 e. The van der Waals surface area contributed by atoms with E-state index < -0.39 is 0 Å². The Bertz CT molecular complexity index is 597. The van der Waals surface area contributed by atoms with E-state index in [-0.39, 0.29) is 0 Å². The Hall–Kier alpha value is -1.90. The predicted molar refractivity (Wildman–Crippen MR) is 60.8 cm³/mol. The molecule has 0 aliphatic heterocycles. The van der Waals surface area contributed by atoms with Crippen LogP contribution in [0.2, 0.25) is 0 Å². The Morgan fingerprint density at radius 3 is 2.87 bits per heavy atom. The minimum absolute atomic E-state index is 0.950. The van der Waals surface area contributed by atoms with Crippen molar-refractivity contribution in [1.29, 1.82) is 0 Å². The summed E-state index contributed by atoms with van der Waals surface area (Å²) in [7, 11) is 1.93. The molecule has 3 heteroatoms. The van der Waals surface area contributed by atoms with Crippen molar-refractivity contribution in [3.8, 4) is 0 Å². The highest BCUT2D eigenvalue weighted by Gasteiger charge is 2.06. The second-order valence-corrected chi connectivity index (χ2v) is 3.76. The fourth-order valence-corrected chi connectivity index (χ4v) is 1.94. The number of rotatable bonds is 0. The zero-order valence-corrected chi connectivity index (χ0v) is 8.73. The lowest BCUT2D eigenvalue weighted by molar-refractivity contribution is 0.775. The molecule has 15 heavy (non-hydrogen) atoms. The van der Waals surface area contributed by atoms with Gasteiger partial charge in [0, 0.05) is 17.8 Å². The molecule has 0 radical (unpaired) electrons. The Labute approximate surface area is 87.4 Å². The molecule has 0 aliphatic rings. The summed E-state index contributed by atoms with van der Waals surface area (Å²) in [6, 6.07) is 10.3. The fraction of sp³-hybridized carbons (Fsp3) is 0.167. The van der Waals surface area contributed by atoms with Crippen molar-refractivity contribution in [2.45, 2.75) is 6.92 Å². The van der Waals surface area contributed by atoms with E-state index in [2.05, 4.69) is 22.2 Å². The van der Waals surface area contributed by atoms with Gasteiger partial charge in [0.1, 0.15) is 0 Å². The maximum absolute atomic E-state index is 4.60. The molecule has 0 fully saturated rings. The number of fused-ring (bicyclic) bond motifs is 2. The van der Waals surface area contributed by atoms with E-state index in [4.69, 9.17) is 0 Å². The molecule has 0 bridgehead atoms. The molecule has 2 aromatic heterocycles. The van der Waals surface area contributed by atoms with Crippen LogP contribution in [0, 0.1) is 6.92 Å². The summed E-state index contributed by atoms with van der Waals surface area (Å²) in [5, 5.41) is 6.67. The summed E-state index contributed by atoms with van der Waals surface area (Å²) < 4.78 is 1.83. The highest BCUT2D eigenvalue weighted by atomic mass is 15.3. The van der Waals surface area contributed by atoms with Gasteiger partial charge >= 0.3 is 0 Å². The number of hydrogen-bond donors (Lipinski definition) is 0. The molecular weight excluding hydrogens is 186 g/mol. The van der Waals surface area contributed by atoms with Crippen LogP contribution >= 0.6 is 0 Å². The first-order valence-electron chi connectivity index (χ1n) is 4.95. The Balaban J connectivity index is 2.55. The van der Waals surface area contributed by atoms with Crippen LogP contribution in [-0.2, 0) is 7.05 Å². The average Bonchev–Trinajstić information content (AvgIpc) is 2.52. The molecule has 0 N–H and O–H groups in total. The van der Waals surface area contributed by atoms with Crippen LogP contribution in [0.4, 0.5) is 0 Å². The summed E-state index contributed by atoms with van der Waals surface area (Å²) in [5.41, 5.74) is 3.00. The van der Waals surface area contributed by atoms with Gasteiger partial charge in [0.25, 0.3) is 0 Å². The monoisotopic (exact) mass is 197 g/mol. The highest BCUT2D eigenvalue weighted by molar-refractivity contribution is 5.92. The quantitative estimate of drug-likeness (QED) is 0.554. The van der Waals surface area contributed by atoms with Crippen molar-refractivity contribution < 1.29 is 0 Å². The van der Waals surface area contributed by atoms with Gasteiger partial charge in [0.2, 0.25) is 0 Å². The smallest absolute Gasteiger partial charge is 0.158 e. The molecule has 0 atom stereocenters. The van der Waals surface area contributed by atoms with Crippen molar-refractivity contribution in [3.63, 3.8) is 0 Å².